The number of anilines is 1. The van der Waals surface area contributed by atoms with Crippen molar-refractivity contribution < 1.29 is 14.9 Å². The third kappa shape index (κ3) is 2.17. The van der Waals surface area contributed by atoms with Crippen LogP contribution < -0.4 is 5.73 Å². The number of nitriles is 1. The van der Waals surface area contributed by atoms with Gasteiger partial charge in [0.25, 0.3) is 0 Å². The predicted octanol–water partition coefficient (Wildman–Crippen LogP) is 0.639. The summed E-state index contributed by atoms with van der Waals surface area (Å²) in [4.78, 5) is 10.7. The van der Waals surface area contributed by atoms with Gasteiger partial charge in [0, 0.05) is 10.5 Å². The molecule has 0 amide bonds. The number of aromatic nitrogens is 2. The Morgan fingerprint density at radius 1 is 1.61 bits per heavy atom. The van der Waals surface area contributed by atoms with Gasteiger partial charge in [-0.3, -0.25) is 0 Å². The molecule has 0 saturated carbocycles. The van der Waals surface area contributed by atoms with Gasteiger partial charge < -0.3 is 20.7 Å². The predicted molar refractivity (Wildman–Crippen MR) is 80.0 cm³/mol. The first-order chi connectivity index (χ1) is 11.1. The first-order valence-electron chi connectivity index (χ1n) is 6.47. The molecule has 4 N–H and O–H groups in total. The summed E-state index contributed by atoms with van der Waals surface area (Å²) in [6, 6.07) is 0.674. The number of nitrogens with zero attached hydrogens (tertiary/aromatic N) is 6. The van der Waals surface area contributed by atoms with E-state index in [4.69, 9.17) is 16.0 Å². The lowest BCUT2D eigenvalue weighted by Crippen LogP contribution is -2.44. The van der Waals surface area contributed by atoms with E-state index in [9.17, 15) is 15.5 Å². The minimum Gasteiger partial charge on any atom is -0.392 e. The van der Waals surface area contributed by atoms with Crippen LogP contribution in [0.5, 0.6) is 0 Å². The Hall–Kier alpha value is -2.48. The lowest BCUT2D eigenvalue weighted by molar-refractivity contribution is -0.0731. The molecule has 0 spiro atoms. The summed E-state index contributed by atoms with van der Waals surface area (Å²) in [5.41, 5.74) is 13.7. The van der Waals surface area contributed by atoms with Crippen LogP contribution in [0.15, 0.2) is 16.8 Å². The highest BCUT2D eigenvalue weighted by Gasteiger charge is 2.55. The van der Waals surface area contributed by atoms with Crippen molar-refractivity contribution in [1.82, 2.24) is 9.97 Å². The normalized spacial score (nSPS) is 30.0. The van der Waals surface area contributed by atoms with Gasteiger partial charge in [-0.05, 0) is 10.9 Å². The monoisotopic (exact) mass is 333 g/mol. The third-order valence-electron chi connectivity index (χ3n) is 3.77. The zero-order chi connectivity index (χ0) is 16.6. The molecule has 3 heterocycles. The molecule has 23 heavy (non-hydrogen) atoms. The lowest BCUT2D eigenvalue weighted by Gasteiger charge is -2.21. The second-order valence-electron chi connectivity index (χ2n) is 4.97. The van der Waals surface area contributed by atoms with Crippen molar-refractivity contribution in [2.45, 2.75) is 23.9 Å². The Bertz CT molecular complexity index is 843. The van der Waals surface area contributed by atoms with Gasteiger partial charge in [0.05, 0.1) is 29.0 Å². The van der Waals surface area contributed by atoms with E-state index in [0.717, 1.165) is 0 Å². The molecule has 11 heteroatoms. The number of azide groups is 1. The number of hydrogen-bond acceptors (Lipinski definition) is 9. The Kier molecular flexibility index (Phi) is 3.77. The van der Waals surface area contributed by atoms with E-state index in [-0.39, 0.29) is 0 Å². The summed E-state index contributed by atoms with van der Waals surface area (Å²) in [5.74, 6) is 0.291. The van der Waals surface area contributed by atoms with Crippen molar-refractivity contribution in [3.63, 3.8) is 0 Å². The molecule has 4 atom stereocenters. The molecule has 118 valence electrons. The number of aliphatic hydroxyl groups excluding tert-OH is 2. The maximum atomic E-state index is 10.3. The Morgan fingerprint density at radius 2 is 2.39 bits per heavy atom. The van der Waals surface area contributed by atoms with E-state index in [1.165, 1.54) is 17.7 Å². The van der Waals surface area contributed by atoms with Gasteiger partial charge in [-0.25, -0.2) is 9.97 Å². The molecule has 1 aliphatic rings. The fourth-order valence-corrected chi connectivity index (χ4v) is 3.53. The number of hydrogen-bond donors (Lipinski definition) is 3. The van der Waals surface area contributed by atoms with E-state index in [1.54, 1.807) is 11.4 Å². The van der Waals surface area contributed by atoms with Crippen LogP contribution in [0, 0.1) is 11.3 Å². The molecule has 0 bridgehead atoms. The standard InChI is InChI=1S/C12H11N7O3S/c13-2-12(3-20)10(21)7(18-19-15)8(22-12)5-1-23-9-6(5)16-4-17-11(9)14/h1,4,7-8,10,20-21H,3H2,(H2,14,16,17)/t7?,8-,10-,12+/m0/s1. The number of nitrogens with two attached hydrogens (primary N) is 1. The minimum absolute atomic E-state index is 0.291. The van der Waals surface area contributed by atoms with Crippen LogP contribution in [0.1, 0.15) is 11.7 Å². The molecule has 1 fully saturated rings. The van der Waals surface area contributed by atoms with E-state index in [2.05, 4.69) is 20.0 Å². The summed E-state index contributed by atoms with van der Waals surface area (Å²) in [6.07, 6.45) is -1.13. The van der Waals surface area contributed by atoms with Gasteiger partial charge in [0.15, 0.2) is 0 Å². The highest BCUT2D eigenvalue weighted by molar-refractivity contribution is 7.17. The van der Waals surface area contributed by atoms with Crippen LogP contribution in [0.3, 0.4) is 0 Å². The Balaban J connectivity index is 2.15. The first kappa shape index (κ1) is 15.4. The van der Waals surface area contributed by atoms with Gasteiger partial charge >= 0.3 is 0 Å². The highest BCUT2D eigenvalue weighted by Crippen LogP contribution is 2.45. The summed E-state index contributed by atoms with van der Waals surface area (Å²) in [5, 5.41) is 34.3. The molecule has 0 radical (unpaired) electrons. The van der Waals surface area contributed by atoms with Crippen LogP contribution >= 0.6 is 11.3 Å². The minimum atomic E-state index is -1.86. The Labute approximate surface area is 133 Å². The molecule has 0 aliphatic carbocycles. The molecule has 1 unspecified atom stereocenters. The van der Waals surface area contributed by atoms with E-state index >= 15 is 0 Å². The topological polar surface area (TPSA) is 174 Å². The zero-order valence-corrected chi connectivity index (χ0v) is 12.4. The second-order valence-corrected chi connectivity index (χ2v) is 5.85. The average molecular weight is 333 g/mol. The molecule has 1 aliphatic heterocycles. The van der Waals surface area contributed by atoms with Gasteiger partial charge in [0.1, 0.15) is 24.3 Å². The van der Waals surface area contributed by atoms with E-state index < -0.39 is 30.5 Å². The molecule has 2 aromatic heterocycles. The highest BCUT2D eigenvalue weighted by atomic mass is 32.1. The second kappa shape index (κ2) is 5.62. The summed E-state index contributed by atoms with van der Waals surface area (Å²) < 4.78 is 6.22. The van der Waals surface area contributed by atoms with E-state index in [1.807, 2.05) is 0 Å². The van der Waals surface area contributed by atoms with Crippen molar-refractivity contribution in [3.05, 3.63) is 27.7 Å². The van der Waals surface area contributed by atoms with E-state index in [0.29, 0.717) is 21.6 Å². The van der Waals surface area contributed by atoms with Crippen LogP contribution in [0.4, 0.5) is 5.82 Å². The molecular formula is C12H11N7O3S. The van der Waals surface area contributed by atoms with Crippen molar-refractivity contribution in [3.8, 4) is 6.07 Å². The fraction of sp³-hybridized carbons (Fsp3) is 0.417. The average Bonchev–Trinajstić information content (AvgIpc) is 3.10. The van der Waals surface area contributed by atoms with Gasteiger partial charge in [-0.1, -0.05) is 5.11 Å². The molecule has 10 nitrogen and oxygen atoms in total. The van der Waals surface area contributed by atoms with Crippen molar-refractivity contribution in [2.24, 2.45) is 5.11 Å². The number of ether oxygens (including phenoxy) is 1. The van der Waals surface area contributed by atoms with Crippen LogP contribution in [0.25, 0.3) is 20.7 Å². The smallest absolute Gasteiger partial charge is 0.203 e. The fourth-order valence-electron chi connectivity index (χ4n) is 2.59. The number of nitrogen functional groups attached to an aromatic ring is 1. The first-order valence-corrected chi connectivity index (χ1v) is 7.35. The zero-order valence-electron chi connectivity index (χ0n) is 11.6. The summed E-state index contributed by atoms with van der Waals surface area (Å²) >= 11 is 1.27. The number of fused-ring (bicyclic) bond motifs is 1. The third-order valence-corrected chi connectivity index (χ3v) is 4.78. The van der Waals surface area contributed by atoms with Crippen LogP contribution in [0.2, 0.25) is 0 Å². The number of thiophene rings is 1. The summed E-state index contributed by atoms with van der Waals surface area (Å²) in [7, 11) is 0. The van der Waals surface area contributed by atoms with Gasteiger partial charge in [0.2, 0.25) is 5.60 Å². The molecular weight excluding hydrogens is 322 g/mol. The maximum absolute atomic E-state index is 10.3. The van der Waals surface area contributed by atoms with Crippen LogP contribution in [-0.2, 0) is 4.74 Å². The summed E-state index contributed by atoms with van der Waals surface area (Å²) in [6.45, 7) is -0.738. The maximum Gasteiger partial charge on any atom is 0.203 e. The molecule has 3 rings (SSSR count). The van der Waals surface area contributed by atoms with Crippen LogP contribution in [-0.4, -0.2) is 44.5 Å². The molecule has 0 aromatic carbocycles. The number of rotatable bonds is 3. The van der Waals surface area contributed by atoms with Crippen molar-refractivity contribution in [1.29, 1.82) is 5.26 Å². The van der Waals surface area contributed by atoms with Gasteiger partial charge in [-0.15, -0.1) is 11.3 Å². The molecule has 1 saturated heterocycles. The largest absolute Gasteiger partial charge is 0.392 e. The van der Waals surface area contributed by atoms with Crippen molar-refractivity contribution >= 4 is 27.4 Å². The number of aliphatic hydroxyl groups is 2. The van der Waals surface area contributed by atoms with Gasteiger partial charge in [-0.2, -0.15) is 5.26 Å². The Morgan fingerprint density at radius 3 is 3.04 bits per heavy atom. The molecule has 2 aromatic rings. The lowest BCUT2D eigenvalue weighted by atomic mass is 9.94. The quantitative estimate of drug-likeness (QED) is 0.419. The SMILES string of the molecule is N#C[C@]1(CO)O[C@@H](c2csc3c(N)ncnc23)C(N=[N+]=[N-])[C@@H]1O. The van der Waals surface area contributed by atoms with Crippen molar-refractivity contribution in [2.75, 3.05) is 12.3 Å².